The number of rotatable bonds is 39. The number of aliphatic hydroxyl groups is 3. The van der Waals surface area contributed by atoms with Gasteiger partial charge in [-0.05, 0) is 25.7 Å². The Bertz CT molecular complexity index is 1250. The van der Waals surface area contributed by atoms with E-state index in [1.165, 1.54) is 64.2 Å². The van der Waals surface area contributed by atoms with E-state index in [9.17, 15) is 44.0 Å². The highest BCUT2D eigenvalue weighted by molar-refractivity contribution is 7.47. The standard InChI is InChI=1S/C44H80NO14P/c1-3-5-7-8-9-10-11-12-13-14-15-16-17-18-20-26-43(51)59-36(32-57-60(54,55)58-33-39(45)44(52)53)31-56-42(50)25-22-21-24-35(47)29-38-37(40(48)30-41(38)49)28-27-34(46)23-19-6-4-2/h27-28,34,36-41,46,48-49H,3-26,29-33,45H2,1-2H3,(H,52,53)(H,54,55)/b28-27+/t34-,36+,37+,38+,39-,40+,41-/m0/s1. The Hall–Kier alpha value is -2.23. The lowest BCUT2D eigenvalue weighted by Gasteiger charge is -2.20. The van der Waals surface area contributed by atoms with Crippen molar-refractivity contribution in [3.63, 3.8) is 0 Å². The Kier molecular flexibility index (Phi) is 31.9. The minimum atomic E-state index is -4.80. The van der Waals surface area contributed by atoms with E-state index < -0.39 is 87.8 Å². The molecule has 1 aliphatic carbocycles. The second kappa shape index (κ2) is 34.3. The van der Waals surface area contributed by atoms with Crippen molar-refractivity contribution in [1.29, 1.82) is 0 Å². The number of carbonyl (C=O) groups excluding carboxylic acids is 3. The van der Waals surface area contributed by atoms with Crippen molar-refractivity contribution in [2.75, 3.05) is 19.8 Å². The maximum absolute atomic E-state index is 12.8. The Morgan fingerprint density at radius 2 is 1.20 bits per heavy atom. The molecule has 8 atom stereocenters. The molecule has 0 bridgehead atoms. The maximum Gasteiger partial charge on any atom is 0.472 e. The maximum atomic E-state index is 12.8. The number of carboxylic acid groups (broad SMARTS) is 1. The molecule has 0 aromatic carbocycles. The molecule has 0 saturated heterocycles. The number of aliphatic hydroxyl groups excluding tert-OH is 3. The lowest BCUT2D eigenvalue weighted by atomic mass is 9.87. The molecule has 1 rings (SSSR count). The van der Waals surface area contributed by atoms with Crippen LogP contribution in [-0.4, -0.2) is 99.3 Å². The summed E-state index contributed by atoms with van der Waals surface area (Å²) in [5.41, 5.74) is 5.32. The van der Waals surface area contributed by atoms with Gasteiger partial charge >= 0.3 is 25.7 Å². The van der Waals surface area contributed by atoms with Gasteiger partial charge in [-0.15, -0.1) is 0 Å². The number of aliphatic carboxylic acids is 1. The summed E-state index contributed by atoms with van der Waals surface area (Å²) in [4.78, 5) is 59.0. The van der Waals surface area contributed by atoms with Crippen LogP contribution in [0.3, 0.4) is 0 Å². The average Bonchev–Trinajstić information content (AvgIpc) is 3.47. The highest BCUT2D eigenvalue weighted by Crippen LogP contribution is 2.43. The predicted octanol–water partition coefficient (Wildman–Crippen LogP) is 7.62. The number of Topliss-reactive ketones (excluding diaryl/α,β-unsaturated/α-hetero) is 1. The lowest BCUT2D eigenvalue weighted by molar-refractivity contribution is -0.161. The largest absolute Gasteiger partial charge is 0.480 e. The van der Waals surface area contributed by atoms with Crippen molar-refractivity contribution in [1.82, 2.24) is 0 Å². The average molecular weight is 878 g/mol. The van der Waals surface area contributed by atoms with Crippen LogP contribution in [0.4, 0.5) is 0 Å². The molecule has 1 fully saturated rings. The number of carbonyl (C=O) groups is 4. The van der Waals surface area contributed by atoms with Crippen LogP contribution in [0.5, 0.6) is 0 Å². The molecule has 60 heavy (non-hydrogen) atoms. The first-order valence-electron chi connectivity index (χ1n) is 22.9. The van der Waals surface area contributed by atoms with Crippen LogP contribution < -0.4 is 5.73 Å². The third-order valence-corrected chi connectivity index (χ3v) is 11.9. The van der Waals surface area contributed by atoms with Crippen molar-refractivity contribution in [2.24, 2.45) is 17.6 Å². The Morgan fingerprint density at radius 3 is 1.78 bits per heavy atom. The Labute approximate surface area is 359 Å². The highest BCUT2D eigenvalue weighted by atomic mass is 31.2. The molecular formula is C44H80NO14P. The van der Waals surface area contributed by atoms with E-state index in [-0.39, 0.29) is 37.9 Å². The van der Waals surface area contributed by atoms with Gasteiger partial charge in [-0.25, -0.2) is 4.57 Å². The number of ketones is 1. The number of phosphoric acid groups is 1. The zero-order valence-electron chi connectivity index (χ0n) is 36.6. The molecule has 15 nitrogen and oxygen atoms in total. The molecule has 7 N–H and O–H groups in total. The van der Waals surface area contributed by atoms with Gasteiger partial charge in [0.05, 0.1) is 31.5 Å². The fourth-order valence-electron chi connectivity index (χ4n) is 7.30. The number of unbranched alkanes of at least 4 members (excludes halogenated alkanes) is 17. The van der Waals surface area contributed by atoms with Crippen LogP contribution in [0.2, 0.25) is 0 Å². The van der Waals surface area contributed by atoms with Crippen LogP contribution in [0.15, 0.2) is 12.2 Å². The number of hydrogen-bond donors (Lipinski definition) is 6. The minimum absolute atomic E-state index is 0.0523. The number of phosphoric ester groups is 1. The van der Waals surface area contributed by atoms with Crippen molar-refractivity contribution in [3.8, 4) is 0 Å². The summed E-state index contributed by atoms with van der Waals surface area (Å²) in [5.74, 6) is -3.76. The number of hydrogen-bond acceptors (Lipinski definition) is 13. The topological polar surface area (TPSA) is 249 Å². The van der Waals surface area contributed by atoms with Crippen LogP contribution in [0.1, 0.15) is 181 Å². The Morgan fingerprint density at radius 1 is 0.700 bits per heavy atom. The van der Waals surface area contributed by atoms with E-state index in [0.717, 1.165) is 44.9 Å². The van der Waals surface area contributed by atoms with Gasteiger partial charge in [0.15, 0.2) is 6.10 Å². The monoisotopic (exact) mass is 878 g/mol. The fourth-order valence-corrected chi connectivity index (χ4v) is 8.08. The molecule has 0 heterocycles. The zero-order valence-corrected chi connectivity index (χ0v) is 37.5. The third kappa shape index (κ3) is 28.4. The molecule has 1 unspecified atom stereocenters. The summed E-state index contributed by atoms with van der Waals surface area (Å²) >= 11 is 0. The molecule has 0 spiro atoms. The molecule has 0 aliphatic heterocycles. The molecule has 16 heteroatoms. The molecule has 0 radical (unpaired) electrons. The molecule has 350 valence electrons. The van der Waals surface area contributed by atoms with E-state index in [1.54, 1.807) is 12.2 Å². The van der Waals surface area contributed by atoms with Gasteiger partial charge in [0.2, 0.25) is 0 Å². The van der Waals surface area contributed by atoms with Gasteiger partial charge in [0.25, 0.3) is 0 Å². The summed E-state index contributed by atoms with van der Waals surface area (Å²) in [6, 6.07) is -1.57. The lowest BCUT2D eigenvalue weighted by Crippen LogP contribution is -2.34. The highest BCUT2D eigenvalue weighted by Gasteiger charge is 2.41. The van der Waals surface area contributed by atoms with Gasteiger partial charge in [-0.2, -0.15) is 0 Å². The molecule has 0 aromatic rings. The zero-order chi connectivity index (χ0) is 44.6. The summed E-state index contributed by atoms with van der Waals surface area (Å²) in [6.07, 6.45) is 21.9. The quantitative estimate of drug-likeness (QED) is 0.0150. The van der Waals surface area contributed by atoms with Crippen molar-refractivity contribution in [3.05, 3.63) is 12.2 Å². The van der Waals surface area contributed by atoms with Gasteiger partial charge in [-0.3, -0.25) is 28.2 Å². The van der Waals surface area contributed by atoms with Crippen molar-refractivity contribution >= 4 is 31.5 Å². The molecule has 1 saturated carbocycles. The van der Waals surface area contributed by atoms with Crippen molar-refractivity contribution < 1.29 is 67.6 Å². The third-order valence-electron chi connectivity index (χ3n) is 11.0. The summed E-state index contributed by atoms with van der Waals surface area (Å²) < 4.78 is 32.6. The number of ether oxygens (including phenoxy) is 2. The van der Waals surface area contributed by atoms with E-state index >= 15 is 0 Å². The van der Waals surface area contributed by atoms with Crippen LogP contribution in [-0.2, 0) is 42.3 Å². The first-order valence-corrected chi connectivity index (χ1v) is 24.4. The van der Waals surface area contributed by atoms with E-state index in [0.29, 0.717) is 25.7 Å². The van der Waals surface area contributed by atoms with Crippen LogP contribution in [0.25, 0.3) is 0 Å². The van der Waals surface area contributed by atoms with Crippen LogP contribution >= 0.6 is 7.82 Å². The number of carboxylic acids is 1. The fraction of sp³-hybridized carbons (Fsp3) is 0.864. The molecule has 0 aromatic heterocycles. The van der Waals surface area contributed by atoms with E-state index in [1.807, 2.05) is 0 Å². The molecular weight excluding hydrogens is 797 g/mol. The minimum Gasteiger partial charge on any atom is -0.480 e. The SMILES string of the molecule is CCCCCCCCCCCCCCCCCC(=O)O[C@H](COC(=O)CCCCC(=O)C[C@@H]1[C@@H](/C=C/[C@@H](O)CCCCC)[C@H](O)C[C@@H]1O)COP(=O)(O)OC[C@H](N)C(=O)O. The van der Waals surface area contributed by atoms with Gasteiger partial charge < -0.3 is 40.5 Å². The second-order valence-electron chi connectivity index (χ2n) is 16.5. The van der Waals surface area contributed by atoms with E-state index in [2.05, 4.69) is 18.4 Å². The van der Waals surface area contributed by atoms with Crippen molar-refractivity contribution in [2.45, 2.75) is 211 Å². The summed E-state index contributed by atoms with van der Waals surface area (Å²) in [6.45, 7) is 2.33. The Balaban J connectivity index is 2.50. The number of esters is 2. The van der Waals surface area contributed by atoms with Gasteiger partial charge in [0.1, 0.15) is 18.4 Å². The predicted molar refractivity (Wildman–Crippen MR) is 229 cm³/mol. The van der Waals surface area contributed by atoms with E-state index in [4.69, 9.17) is 24.8 Å². The van der Waals surface area contributed by atoms with Gasteiger partial charge in [-0.1, -0.05) is 135 Å². The normalized spacial score (nSPS) is 20.4. The first-order chi connectivity index (χ1) is 28.7. The first kappa shape index (κ1) is 55.8. The van der Waals surface area contributed by atoms with Gasteiger partial charge in [0, 0.05) is 43.9 Å². The number of nitrogens with two attached hydrogens (primary N) is 1. The second-order valence-corrected chi connectivity index (χ2v) is 18.0. The molecule has 0 amide bonds. The smallest absolute Gasteiger partial charge is 0.472 e. The van der Waals surface area contributed by atoms with Crippen LogP contribution in [0, 0.1) is 11.8 Å². The summed E-state index contributed by atoms with van der Waals surface area (Å²) in [7, 11) is -4.80. The molecule has 1 aliphatic rings. The summed E-state index contributed by atoms with van der Waals surface area (Å²) in [5, 5.41) is 40.2.